The Kier molecular flexibility index (Phi) is 5.06. The van der Waals surface area contributed by atoms with Gasteiger partial charge in [0.2, 0.25) is 0 Å². The van der Waals surface area contributed by atoms with E-state index in [-0.39, 0.29) is 5.91 Å². The molecule has 5 nitrogen and oxygen atoms in total. The highest BCUT2D eigenvalue weighted by molar-refractivity contribution is 7.21. The van der Waals surface area contributed by atoms with E-state index in [2.05, 4.69) is 35.4 Å². The Morgan fingerprint density at radius 3 is 2.58 bits per heavy atom. The molecule has 1 amide bonds. The van der Waals surface area contributed by atoms with E-state index in [0.29, 0.717) is 5.56 Å². The van der Waals surface area contributed by atoms with Crippen LogP contribution in [0.25, 0.3) is 20.8 Å². The van der Waals surface area contributed by atoms with E-state index < -0.39 is 0 Å². The number of carbonyl (C=O) groups is 1. The quantitative estimate of drug-likeness (QED) is 0.390. The maximum Gasteiger partial charge on any atom is 0.255 e. The zero-order valence-corrected chi connectivity index (χ0v) is 17.8. The van der Waals surface area contributed by atoms with Crippen LogP contribution in [0.3, 0.4) is 0 Å². The molecule has 3 aromatic carbocycles. The number of anilines is 1. The zero-order valence-electron chi connectivity index (χ0n) is 16.9. The summed E-state index contributed by atoms with van der Waals surface area (Å²) in [6.45, 7) is 2.82. The number of hydrogen-bond acceptors (Lipinski definition) is 4. The SMILES string of the molecule is Cc1ccc2nc(-c3ccc(NC(=O)c4ccc(Cn5ccnc5)cc4)cc3)sc2c1. The Balaban J connectivity index is 1.27. The summed E-state index contributed by atoms with van der Waals surface area (Å²) < 4.78 is 3.17. The largest absolute Gasteiger partial charge is 0.333 e. The van der Waals surface area contributed by atoms with Gasteiger partial charge in [-0.25, -0.2) is 9.97 Å². The van der Waals surface area contributed by atoms with Crippen LogP contribution in [0.2, 0.25) is 0 Å². The fraction of sp³-hybridized carbons (Fsp3) is 0.0800. The number of benzene rings is 3. The average molecular weight is 425 g/mol. The van der Waals surface area contributed by atoms with Crippen molar-refractivity contribution in [2.75, 3.05) is 5.32 Å². The molecule has 152 valence electrons. The van der Waals surface area contributed by atoms with E-state index in [1.54, 1.807) is 23.9 Å². The van der Waals surface area contributed by atoms with Crippen LogP contribution in [0, 0.1) is 6.92 Å². The smallest absolute Gasteiger partial charge is 0.255 e. The maximum absolute atomic E-state index is 12.6. The second-order valence-corrected chi connectivity index (χ2v) is 8.48. The predicted octanol–water partition coefficient (Wildman–Crippen LogP) is 5.77. The lowest BCUT2D eigenvalue weighted by Crippen LogP contribution is -2.11. The Morgan fingerprint density at radius 1 is 1.03 bits per heavy atom. The van der Waals surface area contributed by atoms with E-state index in [1.807, 2.05) is 59.3 Å². The third kappa shape index (κ3) is 4.25. The summed E-state index contributed by atoms with van der Waals surface area (Å²) in [5.41, 5.74) is 5.79. The van der Waals surface area contributed by atoms with Crippen molar-refractivity contribution in [2.24, 2.45) is 0 Å². The molecule has 0 aliphatic carbocycles. The molecule has 0 bridgehead atoms. The number of aromatic nitrogens is 3. The average Bonchev–Trinajstić information content (AvgIpc) is 3.44. The lowest BCUT2D eigenvalue weighted by molar-refractivity contribution is 0.102. The first-order chi connectivity index (χ1) is 15.1. The third-order valence-electron chi connectivity index (χ3n) is 5.07. The molecule has 0 radical (unpaired) electrons. The highest BCUT2D eigenvalue weighted by Gasteiger charge is 2.09. The fourth-order valence-electron chi connectivity index (χ4n) is 3.41. The van der Waals surface area contributed by atoms with Crippen molar-refractivity contribution in [2.45, 2.75) is 13.5 Å². The summed E-state index contributed by atoms with van der Waals surface area (Å²) >= 11 is 1.68. The molecule has 2 aromatic heterocycles. The van der Waals surface area contributed by atoms with Crippen molar-refractivity contribution < 1.29 is 4.79 Å². The predicted molar refractivity (Wildman–Crippen MR) is 126 cm³/mol. The summed E-state index contributed by atoms with van der Waals surface area (Å²) in [5, 5.41) is 3.94. The molecule has 0 aliphatic rings. The van der Waals surface area contributed by atoms with E-state index in [4.69, 9.17) is 4.98 Å². The van der Waals surface area contributed by atoms with Gasteiger partial charge in [-0.15, -0.1) is 11.3 Å². The summed E-state index contributed by atoms with van der Waals surface area (Å²) in [7, 11) is 0. The molecule has 0 fully saturated rings. The molecular formula is C25H20N4OS. The number of nitrogens with zero attached hydrogens (tertiary/aromatic N) is 3. The van der Waals surface area contributed by atoms with Gasteiger partial charge >= 0.3 is 0 Å². The van der Waals surface area contributed by atoms with Crippen LogP contribution in [-0.4, -0.2) is 20.4 Å². The van der Waals surface area contributed by atoms with Crippen LogP contribution >= 0.6 is 11.3 Å². The molecule has 0 aliphatic heterocycles. The topological polar surface area (TPSA) is 59.8 Å². The Labute approximate surface area is 184 Å². The second kappa shape index (κ2) is 8.16. The van der Waals surface area contributed by atoms with E-state index >= 15 is 0 Å². The molecule has 31 heavy (non-hydrogen) atoms. The van der Waals surface area contributed by atoms with Gasteiger partial charge in [-0.2, -0.15) is 0 Å². The van der Waals surface area contributed by atoms with Crippen LogP contribution in [-0.2, 0) is 6.54 Å². The number of fused-ring (bicyclic) bond motifs is 1. The van der Waals surface area contributed by atoms with Crippen molar-refractivity contribution in [3.8, 4) is 10.6 Å². The lowest BCUT2D eigenvalue weighted by atomic mass is 10.1. The number of thiazole rings is 1. The van der Waals surface area contributed by atoms with Crippen molar-refractivity contribution in [3.63, 3.8) is 0 Å². The number of carbonyl (C=O) groups excluding carboxylic acids is 1. The van der Waals surface area contributed by atoms with Crippen molar-refractivity contribution in [1.29, 1.82) is 0 Å². The number of amides is 1. The van der Waals surface area contributed by atoms with Gasteiger partial charge in [-0.05, 0) is 66.6 Å². The van der Waals surface area contributed by atoms with Crippen LogP contribution < -0.4 is 5.32 Å². The lowest BCUT2D eigenvalue weighted by Gasteiger charge is -2.07. The van der Waals surface area contributed by atoms with Gasteiger partial charge in [0.1, 0.15) is 5.01 Å². The van der Waals surface area contributed by atoms with Gasteiger partial charge in [-0.3, -0.25) is 4.79 Å². The van der Waals surface area contributed by atoms with E-state index in [9.17, 15) is 4.79 Å². The maximum atomic E-state index is 12.6. The molecule has 0 atom stereocenters. The second-order valence-electron chi connectivity index (χ2n) is 7.45. The van der Waals surface area contributed by atoms with Gasteiger partial charge in [0.25, 0.3) is 5.91 Å². The van der Waals surface area contributed by atoms with Gasteiger partial charge < -0.3 is 9.88 Å². The number of nitrogens with one attached hydrogen (secondary N) is 1. The molecule has 5 rings (SSSR count). The van der Waals surface area contributed by atoms with Crippen molar-refractivity contribution >= 4 is 33.1 Å². The van der Waals surface area contributed by atoms with Gasteiger partial charge in [0.15, 0.2) is 0 Å². The number of rotatable bonds is 5. The molecule has 0 saturated heterocycles. The minimum atomic E-state index is -0.127. The first-order valence-electron chi connectivity index (χ1n) is 9.98. The van der Waals surface area contributed by atoms with Crippen LogP contribution in [0.15, 0.2) is 85.5 Å². The van der Waals surface area contributed by atoms with Crippen LogP contribution in [0.4, 0.5) is 5.69 Å². The Hall–Kier alpha value is -3.77. The molecule has 0 unspecified atom stereocenters. The zero-order chi connectivity index (χ0) is 21.2. The summed E-state index contributed by atoms with van der Waals surface area (Å²) in [4.78, 5) is 21.4. The molecule has 6 heteroatoms. The normalized spacial score (nSPS) is 11.0. The highest BCUT2D eigenvalue weighted by atomic mass is 32.1. The number of imidazole rings is 1. The Morgan fingerprint density at radius 2 is 1.84 bits per heavy atom. The minimum absolute atomic E-state index is 0.127. The number of aryl methyl sites for hydroxylation is 1. The third-order valence-corrected chi connectivity index (χ3v) is 6.14. The van der Waals surface area contributed by atoms with Crippen LogP contribution in [0.1, 0.15) is 21.5 Å². The van der Waals surface area contributed by atoms with Gasteiger partial charge in [-0.1, -0.05) is 18.2 Å². The standard InChI is InChI=1S/C25H20N4OS/c1-17-2-11-22-23(14-17)31-25(28-22)20-7-9-21(10-8-20)27-24(30)19-5-3-18(4-6-19)15-29-13-12-26-16-29/h2-14,16H,15H2,1H3,(H,27,30). The number of hydrogen-bond donors (Lipinski definition) is 1. The highest BCUT2D eigenvalue weighted by Crippen LogP contribution is 2.31. The van der Waals surface area contributed by atoms with Crippen molar-refractivity contribution in [1.82, 2.24) is 14.5 Å². The monoisotopic (exact) mass is 424 g/mol. The summed E-state index contributed by atoms with van der Waals surface area (Å²) in [6, 6.07) is 21.7. The molecule has 5 aromatic rings. The fourth-order valence-corrected chi connectivity index (χ4v) is 4.48. The minimum Gasteiger partial charge on any atom is -0.333 e. The summed E-state index contributed by atoms with van der Waals surface area (Å²) in [5.74, 6) is -0.127. The van der Waals surface area contributed by atoms with E-state index in [0.717, 1.165) is 33.9 Å². The molecule has 0 saturated carbocycles. The molecular weight excluding hydrogens is 404 g/mol. The van der Waals surface area contributed by atoms with Gasteiger partial charge in [0.05, 0.1) is 16.5 Å². The first-order valence-corrected chi connectivity index (χ1v) is 10.8. The Bertz CT molecular complexity index is 1340. The molecule has 2 heterocycles. The van der Waals surface area contributed by atoms with Crippen LogP contribution in [0.5, 0.6) is 0 Å². The van der Waals surface area contributed by atoms with Crippen molar-refractivity contribution in [3.05, 3.63) is 102 Å². The van der Waals surface area contributed by atoms with E-state index in [1.165, 1.54) is 10.3 Å². The summed E-state index contributed by atoms with van der Waals surface area (Å²) in [6.07, 6.45) is 5.45. The molecule has 0 spiro atoms. The van der Waals surface area contributed by atoms with Gasteiger partial charge in [0, 0.05) is 35.8 Å². The molecule has 1 N–H and O–H groups in total. The first kappa shape index (κ1) is 19.2.